The summed E-state index contributed by atoms with van der Waals surface area (Å²) in [6.45, 7) is 5.82. The zero-order valence-corrected chi connectivity index (χ0v) is 12.7. The van der Waals surface area contributed by atoms with Crippen LogP contribution in [0.2, 0.25) is 0 Å². The molecule has 1 aliphatic heterocycles. The van der Waals surface area contributed by atoms with Crippen molar-refractivity contribution < 1.29 is 14.3 Å². The van der Waals surface area contributed by atoms with Gasteiger partial charge in [0.15, 0.2) is 7.28 Å². The molecule has 0 spiro atoms. The van der Waals surface area contributed by atoms with Gasteiger partial charge in [0.2, 0.25) is 0 Å². The standard InChI is InChI=1S/C16H20BNO3/c1-16(2,3)21-15(19)13-5-4-11(8-12(13)9-18)14-10-20-7-6-17-14/h4-8,10,17H,9,18H2,1-3H3. The van der Waals surface area contributed by atoms with Crippen LogP contribution in [0.3, 0.4) is 0 Å². The first kappa shape index (κ1) is 15.4. The second-order valence-electron chi connectivity index (χ2n) is 5.93. The summed E-state index contributed by atoms with van der Waals surface area (Å²) in [5.74, 6) is 1.60. The van der Waals surface area contributed by atoms with Crippen molar-refractivity contribution in [3.05, 3.63) is 53.4 Å². The van der Waals surface area contributed by atoms with Crippen LogP contribution < -0.4 is 5.73 Å². The van der Waals surface area contributed by atoms with Crippen molar-refractivity contribution in [3.8, 4) is 0 Å². The van der Waals surface area contributed by atoms with Gasteiger partial charge in [-0.15, -0.1) is 0 Å². The zero-order valence-electron chi connectivity index (χ0n) is 12.7. The summed E-state index contributed by atoms with van der Waals surface area (Å²) in [7, 11) is 0.801. The summed E-state index contributed by atoms with van der Waals surface area (Å²) < 4.78 is 10.6. The number of nitrogens with two attached hydrogens (primary N) is 1. The molecule has 0 saturated heterocycles. The van der Waals surface area contributed by atoms with E-state index in [4.69, 9.17) is 15.2 Å². The molecule has 1 aliphatic rings. The van der Waals surface area contributed by atoms with E-state index >= 15 is 0 Å². The van der Waals surface area contributed by atoms with Crippen molar-refractivity contribution in [3.63, 3.8) is 0 Å². The molecule has 110 valence electrons. The van der Waals surface area contributed by atoms with Crippen LogP contribution in [0.15, 0.2) is 36.7 Å². The molecule has 0 bridgehead atoms. The number of hydrogen-bond acceptors (Lipinski definition) is 4. The number of esters is 1. The largest absolute Gasteiger partial charge is 0.474 e. The van der Waals surface area contributed by atoms with Gasteiger partial charge in [0.1, 0.15) is 5.60 Å². The fraction of sp³-hybridized carbons (Fsp3) is 0.312. The van der Waals surface area contributed by atoms with Crippen molar-refractivity contribution >= 4 is 18.7 Å². The van der Waals surface area contributed by atoms with Crippen molar-refractivity contribution in [1.82, 2.24) is 0 Å². The van der Waals surface area contributed by atoms with Crippen LogP contribution in [0.5, 0.6) is 0 Å². The van der Waals surface area contributed by atoms with E-state index in [1.54, 1.807) is 18.6 Å². The van der Waals surface area contributed by atoms with Crippen LogP contribution in [-0.2, 0) is 16.0 Å². The van der Waals surface area contributed by atoms with Gasteiger partial charge in [0.05, 0.1) is 18.1 Å². The molecule has 0 atom stereocenters. The molecule has 0 amide bonds. The molecule has 2 N–H and O–H groups in total. The second-order valence-corrected chi connectivity index (χ2v) is 5.93. The Morgan fingerprint density at radius 1 is 1.38 bits per heavy atom. The Kier molecular flexibility index (Phi) is 4.53. The average Bonchev–Trinajstić information content (AvgIpc) is 2.45. The molecular weight excluding hydrogens is 265 g/mol. The van der Waals surface area contributed by atoms with Gasteiger partial charge >= 0.3 is 5.97 Å². The molecule has 1 aromatic carbocycles. The molecule has 0 saturated carbocycles. The lowest BCUT2D eigenvalue weighted by atomic mass is 9.67. The number of ether oxygens (including phenoxy) is 2. The summed E-state index contributed by atoms with van der Waals surface area (Å²) in [4.78, 5) is 12.2. The van der Waals surface area contributed by atoms with Gasteiger partial charge in [-0.25, -0.2) is 4.79 Å². The van der Waals surface area contributed by atoms with Gasteiger partial charge in [0, 0.05) is 6.54 Å². The van der Waals surface area contributed by atoms with E-state index in [9.17, 15) is 4.79 Å². The Balaban J connectivity index is 2.28. The van der Waals surface area contributed by atoms with E-state index in [1.807, 2.05) is 38.9 Å². The third kappa shape index (κ3) is 3.98. The number of rotatable bonds is 3. The molecule has 0 unspecified atom stereocenters. The fourth-order valence-electron chi connectivity index (χ4n) is 2.08. The highest BCUT2D eigenvalue weighted by molar-refractivity contribution is 6.65. The molecule has 0 aliphatic carbocycles. The van der Waals surface area contributed by atoms with Crippen LogP contribution in [0.25, 0.3) is 5.47 Å². The van der Waals surface area contributed by atoms with Crippen LogP contribution in [0, 0.1) is 0 Å². The molecule has 0 radical (unpaired) electrons. The monoisotopic (exact) mass is 285 g/mol. The zero-order chi connectivity index (χ0) is 15.5. The van der Waals surface area contributed by atoms with E-state index < -0.39 is 5.60 Å². The highest BCUT2D eigenvalue weighted by Crippen LogP contribution is 2.22. The van der Waals surface area contributed by atoms with E-state index in [0.717, 1.165) is 23.9 Å². The molecule has 1 heterocycles. The van der Waals surface area contributed by atoms with Crippen molar-refractivity contribution in [1.29, 1.82) is 0 Å². The van der Waals surface area contributed by atoms with Crippen LogP contribution in [0.4, 0.5) is 0 Å². The van der Waals surface area contributed by atoms with E-state index in [-0.39, 0.29) is 12.5 Å². The summed E-state index contributed by atoms with van der Waals surface area (Å²) in [6, 6.07) is 5.59. The second kappa shape index (κ2) is 6.18. The van der Waals surface area contributed by atoms with Crippen LogP contribution in [0.1, 0.15) is 42.3 Å². The van der Waals surface area contributed by atoms with Gasteiger partial charge in [-0.2, -0.15) is 0 Å². The highest BCUT2D eigenvalue weighted by Gasteiger charge is 2.20. The maximum atomic E-state index is 12.2. The fourth-order valence-corrected chi connectivity index (χ4v) is 2.08. The SMILES string of the molecule is CC(C)(C)OC(=O)c1ccc(C2=COC=CB2)cc1CN. The molecule has 4 nitrogen and oxygen atoms in total. The van der Waals surface area contributed by atoms with Gasteiger partial charge in [-0.1, -0.05) is 18.1 Å². The molecule has 21 heavy (non-hydrogen) atoms. The minimum Gasteiger partial charge on any atom is -0.474 e. The Morgan fingerprint density at radius 3 is 2.71 bits per heavy atom. The highest BCUT2D eigenvalue weighted by atomic mass is 16.6. The number of hydrogen-bond donors (Lipinski definition) is 1. The Bertz CT molecular complexity index is 600. The minimum absolute atomic E-state index is 0.284. The smallest absolute Gasteiger partial charge is 0.338 e. The lowest BCUT2D eigenvalue weighted by Gasteiger charge is -2.21. The van der Waals surface area contributed by atoms with Crippen LogP contribution >= 0.6 is 0 Å². The van der Waals surface area contributed by atoms with Gasteiger partial charge in [0.25, 0.3) is 0 Å². The summed E-state index contributed by atoms with van der Waals surface area (Å²) >= 11 is 0. The maximum Gasteiger partial charge on any atom is 0.338 e. The lowest BCUT2D eigenvalue weighted by molar-refractivity contribution is 0.00683. The van der Waals surface area contributed by atoms with Gasteiger partial charge in [-0.05, 0) is 43.4 Å². The molecule has 2 rings (SSSR count). The van der Waals surface area contributed by atoms with E-state index in [1.165, 1.54) is 0 Å². The predicted octanol–water partition coefficient (Wildman–Crippen LogP) is 2.34. The predicted molar refractivity (Wildman–Crippen MR) is 84.9 cm³/mol. The maximum absolute atomic E-state index is 12.2. The number of carbonyl (C=O) groups excluding carboxylic acids is 1. The first-order valence-electron chi connectivity index (χ1n) is 6.97. The Morgan fingerprint density at radius 2 is 2.14 bits per heavy atom. The number of benzene rings is 1. The summed E-state index contributed by atoms with van der Waals surface area (Å²) in [5, 5.41) is 0. The van der Waals surface area contributed by atoms with Crippen molar-refractivity contribution in [2.24, 2.45) is 5.73 Å². The van der Waals surface area contributed by atoms with Gasteiger partial charge in [-0.3, -0.25) is 0 Å². The third-order valence-corrected chi connectivity index (χ3v) is 3.04. The average molecular weight is 285 g/mol. The summed E-state index contributed by atoms with van der Waals surface area (Å²) in [6.07, 6.45) is 3.37. The van der Waals surface area contributed by atoms with E-state index in [2.05, 4.69) is 0 Å². The van der Waals surface area contributed by atoms with Crippen LogP contribution in [-0.4, -0.2) is 18.8 Å². The Hall–Kier alpha value is -2.01. The molecular formula is C16H20BNO3. The molecule has 5 heteroatoms. The molecule has 1 aromatic rings. The topological polar surface area (TPSA) is 61.5 Å². The lowest BCUT2D eigenvalue weighted by Crippen LogP contribution is -2.25. The molecule has 0 aromatic heterocycles. The first-order chi connectivity index (χ1) is 9.90. The number of carbonyl (C=O) groups is 1. The molecule has 0 fully saturated rings. The first-order valence-corrected chi connectivity index (χ1v) is 6.97. The minimum atomic E-state index is -0.522. The van der Waals surface area contributed by atoms with Crippen molar-refractivity contribution in [2.45, 2.75) is 32.9 Å². The Labute approximate surface area is 125 Å². The normalized spacial score (nSPS) is 14.0. The third-order valence-electron chi connectivity index (χ3n) is 3.04. The van der Waals surface area contributed by atoms with E-state index in [0.29, 0.717) is 5.56 Å². The summed E-state index contributed by atoms with van der Waals surface area (Å²) in [5.41, 5.74) is 8.61. The van der Waals surface area contributed by atoms with Gasteiger partial charge < -0.3 is 15.2 Å². The van der Waals surface area contributed by atoms with Crippen molar-refractivity contribution in [2.75, 3.05) is 0 Å². The quantitative estimate of drug-likeness (QED) is 0.684.